The van der Waals surface area contributed by atoms with Crippen LogP contribution in [0.1, 0.15) is 40.0 Å². The molecular formula is C10H21N. The van der Waals surface area contributed by atoms with Gasteiger partial charge in [0.2, 0.25) is 0 Å². The van der Waals surface area contributed by atoms with E-state index in [0.717, 1.165) is 6.04 Å². The highest BCUT2D eigenvalue weighted by Gasteiger charge is 2.24. The molecule has 0 radical (unpaired) electrons. The minimum Gasteiger partial charge on any atom is -0.304 e. The van der Waals surface area contributed by atoms with Crippen LogP contribution in [0.4, 0.5) is 0 Å². The van der Waals surface area contributed by atoms with Crippen LogP contribution >= 0.6 is 0 Å². The first-order valence-corrected chi connectivity index (χ1v) is 4.71. The second-order valence-electron chi connectivity index (χ2n) is 4.78. The van der Waals surface area contributed by atoms with Gasteiger partial charge in [-0.3, -0.25) is 0 Å². The van der Waals surface area contributed by atoms with Crippen molar-refractivity contribution in [2.75, 3.05) is 13.6 Å². The first kappa shape index (κ1) is 9.05. The molecule has 11 heavy (non-hydrogen) atoms. The van der Waals surface area contributed by atoms with Gasteiger partial charge in [-0.2, -0.15) is 0 Å². The smallest absolute Gasteiger partial charge is 0.00640 e. The van der Waals surface area contributed by atoms with Crippen LogP contribution in [0.3, 0.4) is 0 Å². The molecule has 66 valence electrons. The number of hydrogen-bond donors (Lipinski definition) is 0. The molecule has 0 amide bonds. The predicted molar refractivity (Wildman–Crippen MR) is 49.7 cm³/mol. The second-order valence-corrected chi connectivity index (χ2v) is 4.78. The molecule has 0 aromatic rings. The van der Waals surface area contributed by atoms with Crippen LogP contribution in [-0.2, 0) is 0 Å². The summed E-state index contributed by atoms with van der Waals surface area (Å²) >= 11 is 0. The number of likely N-dealkylation sites (tertiary alicyclic amines) is 1. The van der Waals surface area contributed by atoms with E-state index >= 15 is 0 Å². The summed E-state index contributed by atoms with van der Waals surface area (Å²) in [6.07, 6.45) is 4.11. The van der Waals surface area contributed by atoms with Crippen molar-refractivity contribution < 1.29 is 0 Å². The predicted octanol–water partition coefficient (Wildman–Crippen LogP) is 2.52. The van der Waals surface area contributed by atoms with Crippen molar-refractivity contribution in [3.05, 3.63) is 0 Å². The molecule has 1 atom stereocenters. The quantitative estimate of drug-likeness (QED) is 0.519. The van der Waals surface area contributed by atoms with E-state index in [1.165, 1.54) is 25.8 Å². The summed E-state index contributed by atoms with van der Waals surface area (Å²) in [5.74, 6) is 0. The maximum Gasteiger partial charge on any atom is 0.00640 e. The Bertz CT molecular complexity index is 115. The lowest BCUT2D eigenvalue weighted by Crippen LogP contribution is -2.28. The van der Waals surface area contributed by atoms with E-state index < -0.39 is 0 Å². The molecule has 0 aromatic carbocycles. The van der Waals surface area contributed by atoms with Crippen LogP contribution in [0.5, 0.6) is 0 Å². The van der Waals surface area contributed by atoms with Gasteiger partial charge in [-0.15, -0.1) is 0 Å². The Kier molecular flexibility index (Phi) is 2.58. The van der Waals surface area contributed by atoms with Gasteiger partial charge in [0, 0.05) is 6.04 Å². The summed E-state index contributed by atoms with van der Waals surface area (Å²) < 4.78 is 0. The van der Waals surface area contributed by atoms with Crippen molar-refractivity contribution in [2.24, 2.45) is 5.41 Å². The molecular weight excluding hydrogens is 134 g/mol. The summed E-state index contributed by atoms with van der Waals surface area (Å²) in [6.45, 7) is 8.38. The van der Waals surface area contributed by atoms with E-state index in [4.69, 9.17) is 0 Å². The Morgan fingerprint density at radius 3 is 2.55 bits per heavy atom. The van der Waals surface area contributed by atoms with Crippen molar-refractivity contribution in [1.29, 1.82) is 0 Å². The Morgan fingerprint density at radius 2 is 1.91 bits per heavy atom. The van der Waals surface area contributed by atoms with Crippen LogP contribution in [0.15, 0.2) is 0 Å². The molecule has 0 aromatic heterocycles. The topological polar surface area (TPSA) is 3.24 Å². The van der Waals surface area contributed by atoms with Gasteiger partial charge in [0.05, 0.1) is 0 Å². The molecule has 1 nitrogen and oxygen atoms in total. The van der Waals surface area contributed by atoms with E-state index in [-0.39, 0.29) is 0 Å². The Labute approximate surface area is 70.8 Å². The van der Waals surface area contributed by atoms with Crippen molar-refractivity contribution >= 4 is 0 Å². The van der Waals surface area contributed by atoms with Crippen LogP contribution in [0.2, 0.25) is 0 Å². The monoisotopic (exact) mass is 155 g/mol. The normalized spacial score (nSPS) is 33.3. The summed E-state index contributed by atoms with van der Waals surface area (Å²) in [7, 11) is 2.24. The zero-order chi connectivity index (χ0) is 8.48. The minimum atomic E-state index is 0.582. The van der Waals surface area contributed by atoms with Crippen LogP contribution in [-0.4, -0.2) is 24.5 Å². The molecule has 1 fully saturated rings. The van der Waals surface area contributed by atoms with E-state index in [1.807, 2.05) is 0 Å². The molecule has 0 N–H and O–H groups in total. The molecule has 1 aliphatic heterocycles. The standard InChI is InChI=1S/C10H21N/c1-9-5-6-10(2,3)7-8-11(9)4/h9H,5-8H2,1-4H3. The first-order valence-electron chi connectivity index (χ1n) is 4.71. The van der Waals surface area contributed by atoms with Crippen molar-refractivity contribution in [2.45, 2.75) is 46.1 Å². The molecule has 1 unspecified atom stereocenters. The maximum absolute atomic E-state index is 2.48. The summed E-state index contributed by atoms with van der Waals surface area (Å²) in [5, 5.41) is 0. The number of nitrogens with zero attached hydrogens (tertiary/aromatic N) is 1. The molecule has 1 rings (SSSR count). The molecule has 0 bridgehead atoms. The summed E-state index contributed by atoms with van der Waals surface area (Å²) in [5.41, 5.74) is 0.582. The van der Waals surface area contributed by atoms with E-state index in [9.17, 15) is 0 Å². The van der Waals surface area contributed by atoms with Crippen molar-refractivity contribution in [3.8, 4) is 0 Å². The number of hydrogen-bond acceptors (Lipinski definition) is 1. The first-order chi connectivity index (χ1) is 5.01. The molecule has 1 heterocycles. The minimum absolute atomic E-state index is 0.582. The lowest BCUT2D eigenvalue weighted by atomic mass is 9.85. The lowest BCUT2D eigenvalue weighted by Gasteiger charge is -2.21. The van der Waals surface area contributed by atoms with Gasteiger partial charge in [-0.1, -0.05) is 13.8 Å². The van der Waals surface area contributed by atoms with E-state index in [2.05, 4.69) is 32.7 Å². The highest BCUT2D eigenvalue weighted by atomic mass is 15.1. The molecule has 0 spiro atoms. The maximum atomic E-state index is 2.48. The highest BCUT2D eigenvalue weighted by Crippen LogP contribution is 2.31. The van der Waals surface area contributed by atoms with Gasteiger partial charge in [0.15, 0.2) is 0 Å². The van der Waals surface area contributed by atoms with Gasteiger partial charge in [0.1, 0.15) is 0 Å². The van der Waals surface area contributed by atoms with Crippen molar-refractivity contribution in [1.82, 2.24) is 4.90 Å². The van der Waals surface area contributed by atoms with E-state index in [1.54, 1.807) is 0 Å². The summed E-state index contributed by atoms with van der Waals surface area (Å²) in [4.78, 5) is 2.48. The Balaban J connectivity index is 2.51. The van der Waals surface area contributed by atoms with Crippen LogP contribution in [0, 0.1) is 5.41 Å². The Hall–Kier alpha value is -0.0400. The van der Waals surface area contributed by atoms with Crippen molar-refractivity contribution in [3.63, 3.8) is 0 Å². The fraction of sp³-hybridized carbons (Fsp3) is 1.00. The fourth-order valence-corrected chi connectivity index (χ4v) is 1.64. The molecule has 1 saturated heterocycles. The average molecular weight is 155 g/mol. The molecule has 0 aliphatic carbocycles. The van der Waals surface area contributed by atoms with Crippen LogP contribution in [0.25, 0.3) is 0 Å². The third-order valence-corrected chi connectivity index (χ3v) is 3.13. The molecule has 0 saturated carbocycles. The van der Waals surface area contributed by atoms with Gasteiger partial charge in [0.25, 0.3) is 0 Å². The highest BCUT2D eigenvalue weighted by molar-refractivity contribution is 4.78. The molecule has 1 aliphatic rings. The third kappa shape index (κ3) is 2.48. The zero-order valence-electron chi connectivity index (χ0n) is 8.35. The van der Waals surface area contributed by atoms with Gasteiger partial charge < -0.3 is 4.90 Å². The van der Waals surface area contributed by atoms with Gasteiger partial charge >= 0.3 is 0 Å². The summed E-state index contributed by atoms with van der Waals surface area (Å²) in [6, 6.07) is 0.789. The lowest BCUT2D eigenvalue weighted by molar-refractivity contribution is 0.257. The third-order valence-electron chi connectivity index (χ3n) is 3.13. The van der Waals surface area contributed by atoms with Gasteiger partial charge in [-0.05, 0) is 45.2 Å². The molecule has 1 heteroatoms. The average Bonchev–Trinajstić information content (AvgIpc) is 2.03. The SMILES string of the molecule is CC1CCC(C)(C)CCN1C. The Morgan fingerprint density at radius 1 is 1.27 bits per heavy atom. The fourth-order valence-electron chi connectivity index (χ4n) is 1.64. The number of rotatable bonds is 0. The van der Waals surface area contributed by atoms with Gasteiger partial charge in [-0.25, -0.2) is 0 Å². The second kappa shape index (κ2) is 3.14. The van der Waals surface area contributed by atoms with Crippen LogP contribution < -0.4 is 0 Å². The largest absolute Gasteiger partial charge is 0.304 e. The zero-order valence-corrected chi connectivity index (χ0v) is 8.35. The van der Waals surface area contributed by atoms with E-state index in [0.29, 0.717) is 5.41 Å².